The summed E-state index contributed by atoms with van der Waals surface area (Å²) in [6, 6.07) is 0.0484. The average molecular weight is 270 g/mol. The molecule has 2 saturated heterocycles. The number of ether oxygens (including phenoxy) is 1. The van der Waals surface area contributed by atoms with E-state index < -0.39 is 5.97 Å². The highest BCUT2D eigenvalue weighted by Crippen LogP contribution is 2.20. The van der Waals surface area contributed by atoms with E-state index in [0.29, 0.717) is 13.2 Å². The molecule has 0 bridgehead atoms. The van der Waals surface area contributed by atoms with E-state index in [9.17, 15) is 9.90 Å². The van der Waals surface area contributed by atoms with Gasteiger partial charge in [0.15, 0.2) is 0 Å². The number of rotatable bonds is 6. The number of carboxylic acids is 1. The molecule has 2 aliphatic rings. The summed E-state index contributed by atoms with van der Waals surface area (Å²) in [4.78, 5) is 16.0. The molecule has 2 unspecified atom stereocenters. The molecule has 110 valence electrons. The third kappa shape index (κ3) is 3.91. The summed E-state index contributed by atoms with van der Waals surface area (Å²) in [7, 11) is 0. The molecule has 0 aromatic heterocycles. The van der Waals surface area contributed by atoms with Crippen LogP contribution in [0.3, 0.4) is 0 Å². The lowest BCUT2D eigenvalue weighted by atomic mass is 10.0. The lowest BCUT2D eigenvalue weighted by molar-refractivity contribution is -0.143. The van der Waals surface area contributed by atoms with Gasteiger partial charge in [-0.25, -0.2) is 0 Å². The molecular formula is C14H26N2O3. The maximum Gasteiger partial charge on any atom is 0.310 e. The Morgan fingerprint density at radius 1 is 1.32 bits per heavy atom. The van der Waals surface area contributed by atoms with E-state index in [1.165, 1.54) is 32.4 Å². The maximum atomic E-state index is 11.2. The molecule has 0 aliphatic carbocycles. The van der Waals surface area contributed by atoms with E-state index in [-0.39, 0.29) is 12.0 Å². The largest absolute Gasteiger partial charge is 0.481 e. The third-order valence-electron chi connectivity index (χ3n) is 4.40. The van der Waals surface area contributed by atoms with E-state index in [1.54, 1.807) is 0 Å². The Morgan fingerprint density at radius 3 is 2.68 bits per heavy atom. The minimum absolute atomic E-state index is 0.0484. The van der Waals surface area contributed by atoms with Crippen LogP contribution in [0.4, 0.5) is 0 Å². The summed E-state index contributed by atoms with van der Waals surface area (Å²) in [5, 5.41) is 9.23. The molecule has 0 spiro atoms. The monoisotopic (exact) mass is 270 g/mol. The zero-order valence-electron chi connectivity index (χ0n) is 11.9. The zero-order chi connectivity index (χ0) is 13.7. The van der Waals surface area contributed by atoms with Crippen molar-refractivity contribution in [2.24, 2.45) is 5.92 Å². The number of piperidine rings is 1. The van der Waals surface area contributed by atoms with Gasteiger partial charge in [-0.3, -0.25) is 9.69 Å². The van der Waals surface area contributed by atoms with Crippen LogP contribution in [0, 0.1) is 5.92 Å². The molecular weight excluding hydrogens is 244 g/mol. The summed E-state index contributed by atoms with van der Waals surface area (Å²) in [5.41, 5.74) is 0. The standard InChI is InChI=1S/C14H26N2O3/c1-2-16(9-8-15-6-4-3-5-7-15)13-11-19-10-12(13)14(17)18/h12-13H,2-11H2,1H3,(H,17,18). The number of likely N-dealkylation sites (tertiary alicyclic amines) is 1. The van der Waals surface area contributed by atoms with Crippen molar-refractivity contribution >= 4 is 5.97 Å². The second-order valence-corrected chi connectivity index (χ2v) is 5.58. The topological polar surface area (TPSA) is 53.0 Å². The molecule has 0 amide bonds. The van der Waals surface area contributed by atoms with Crippen LogP contribution < -0.4 is 0 Å². The first-order valence-electron chi connectivity index (χ1n) is 7.49. The maximum absolute atomic E-state index is 11.2. The van der Waals surface area contributed by atoms with Crippen molar-refractivity contribution < 1.29 is 14.6 Å². The lowest BCUT2D eigenvalue weighted by Crippen LogP contribution is -2.46. The Kier molecular flexibility index (Phi) is 5.60. The molecule has 5 heteroatoms. The zero-order valence-corrected chi connectivity index (χ0v) is 11.9. The Bertz CT molecular complexity index is 292. The van der Waals surface area contributed by atoms with Gasteiger partial charge in [-0.1, -0.05) is 13.3 Å². The van der Waals surface area contributed by atoms with Gasteiger partial charge in [0.1, 0.15) is 0 Å². The molecule has 0 radical (unpaired) electrons. The molecule has 2 rings (SSSR count). The van der Waals surface area contributed by atoms with Crippen LogP contribution in [-0.4, -0.2) is 72.9 Å². The first-order chi connectivity index (χ1) is 9.22. The average Bonchev–Trinajstić information content (AvgIpc) is 2.90. The highest BCUT2D eigenvalue weighted by Gasteiger charge is 2.37. The summed E-state index contributed by atoms with van der Waals surface area (Å²) in [6.45, 7) is 8.32. The first-order valence-corrected chi connectivity index (χ1v) is 7.49. The number of hydrogen-bond donors (Lipinski definition) is 1. The molecule has 0 aromatic carbocycles. The van der Waals surface area contributed by atoms with Crippen molar-refractivity contribution in [2.45, 2.75) is 32.2 Å². The lowest BCUT2D eigenvalue weighted by Gasteiger charge is -2.33. The number of aliphatic carboxylic acids is 1. The quantitative estimate of drug-likeness (QED) is 0.777. The van der Waals surface area contributed by atoms with Crippen molar-refractivity contribution in [3.63, 3.8) is 0 Å². The molecule has 0 aromatic rings. The number of carboxylic acid groups (broad SMARTS) is 1. The highest BCUT2D eigenvalue weighted by molar-refractivity contribution is 5.71. The minimum atomic E-state index is -0.723. The molecule has 2 aliphatic heterocycles. The second kappa shape index (κ2) is 7.22. The van der Waals surface area contributed by atoms with Crippen LogP contribution in [-0.2, 0) is 9.53 Å². The molecule has 2 heterocycles. The molecule has 19 heavy (non-hydrogen) atoms. The van der Waals surface area contributed by atoms with Crippen molar-refractivity contribution in [2.75, 3.05) is 45.9 Å². The van der Waals surface area contributed by atoms with Crippen molar-refractivity contribution in [3.05, 3.63) is 0 Å². The normalized spacial score (nSPS) is 28.9. The van der Waals surface area contributed by atoms with Gasteiger partial charge in [0.05, 0.1) is 19.1 Å². The van der Waals surface area contributed by atoms with Crippen LogP contribution >= 0.6 is 0 Å². The molecule has 2 atom stereocenters. The van der Waals surface area contributed by atoms with Gasteiger partial charge in [-0.2, -0.15) is 0 Å². The van der Waals surface area contributed by atoms with Gasteiger partial charge in [-0.15, -0.1) is 0 Å². The van der Waals surface area contributed by atoms with E-state index in [0.717, 1.165) is 19.6 Å². The van der Waals surface area contributed by atoms with E-state index in [2.05, 4.69) is 16.7 Å². The number of likely N-dealkylation sites (N-methyl/N-ethyl adjacent to an activating group) is 1. The Morgan fingerprint density at radius 2 is 2.05 bits per heavy atom. The van der Waals surface area contributed by atoms with Gasteiger partial charge in [0, 0.05) is 19.1 Å². The SMILES string of the molecule is CCN(CCN1CCCCC1)C1COCC1C(=O)O. The van der Waals surface area contributed by atoms with Crippen LogP contribution in [0.1, 0.15) is 26.2 Å². The second-order valence-electron chi connectivity index (χ2n) is 5.58. The summed E-state index contributed by atoms with van der Waals surface area (Å²) in [5.74, 6) is -1.08. The smallest absolute Gasteiger partial charge is 0.310 e. The van der Waals surface area contributed by atoms with E-state index in [1.807, 2.05) is 0 Å². The van der Waals surface area contributed by atoms with E-state index >= 15 is 0 Å². The molecule has 2 fully saturated rings. The van der Waals surface area contributed by atoms with Crippen LogP contribution in [0.2, 0.25) is 0 Å². The van der Waals surface area contributed by atoms with Gasteiger partial charge in [-0.05, 0) is 32.5 Å². The fourth-order valence-corrected chi connectivity index (χ4v) is 3.15. The third-order valence-corrected chi connectivity index (χ3v) is 4.40. The van der Waals surface area contributed by atoms with E-state index in [4.69, 9.17) is 4.74 Å². The predicted octanol–water partition coefficient (Wildman–Crippen LogP) is 0.894. The predicted molar refractivity (Wildman–Crippen MR) is 73.3 cm³/mol. The number of nitrogens with zero attached hydrogens (tertiary/aromatic N) is 2. The fraction of sp³-hybridized carbons (Fsp3) is 0.929. The van der Waals surface area contributed by atoms with Crippen LogP contribution in [0.15, 0.2) is 0 Å². The summed E-state index contributed by atoms with van der Waals surface area (Å²) >= 11 is 0. The number of hydrogen-bond acceptors (Lipinski definition) is 4. The molecule has 5 nitrogen and oxygen atoms in total. The molecule has 0 saturated carbocycles. The Hall–Kier alpha value is -0.650. The van der Waals surface area contributed by atoms with Gasteiger partial charge in [0.2, 0.25) is 0 Å². The Balaban J connectivity index is 1.83. The van der Waals surface area contributed by atoms with Crippen molar-refractivity contribution in [1.29, 1.82) is 0 Å². The fourth-order valence-electron chi connectivity index (χ4n) is 3.15. The summed E-state index contributed by atoms with van der Waals surface area (Å²) in [6.07, 6.45) is 3.96. The van der Waals surface area contributed by atoms with Gasteiger partial charge < -0.3 is 14.7 Å². The van der Waals surface area contributed by atoms with Gasteiger partial charge in [0.25, 0.3) is 0 Å². The Labute approximate surface area is 115 Å². The first kappa shape index (κ1) is 14.8. The minimum Gasteiger partial charge on any atom is -0.481 e. The molecule has 1 N–H and O–H groups in total. The van der Waals surface area contributed by atoms with Crippen LogP contribution in [0.5, 0.6) is 0 Å². The van der Waals surface area contributed by atoms with Crippen molar-refractivity contribution in [1.82, 2.24) is 9.80 Å². The number of carbonyl (C=O) groups is 1. The van der Waals surface area contributed by atoms with Crippen LogP contribution in [0.25, 0.3) is 0 Å². The van der Waals surface area contributed by atoms with Gasteiger partial charge >= 0.3 is 5.97 Å². The summed E-state index contributed by atoms with van der Waals surface area (Å²) < 4.78 is 5.37. The highest BCUT2D eigenvalue weighted by atomic mass is 16.5. The van der Waals surface area contributed by atoms with Crippen molar-refractivity contribution in [3.8, 4) is 0 Å².